The molecular weight excluding hydrogens is 344 g/mol. The summed E-state index contributed by atoms with van der Waals surface area (Å²) >= 11 is 0. The number of amides is 1. The molecule has 2 aliphatic rings. The van der Waals surface area contributed by atoms with Crippen molar-refractivity contribution in [1.29, 1.82) is 0 Å². The average molecular weight is 366 g/mol. The first-order valence-corrected chi connectivity index (χ1v) is 7.91. The maximum atomic E-state index is 11.2. The van der Waals surface area contributed by atoms with Crippen LogP contribution < -0.4 is 16.0 Å². The third-order valence-electron chi connectivity index (χ3n) is 4.46. The summed E-state index contributed by atoms with van der Waals surface area (Å²) < 4.78 is 4.81. The van der Waals surface area contributed by atoms with Crippen LogP contribution in [-0.2, 0) is 14.4 Å². The standard InChI is InChI=1S/C9H10O3.C8H10N2O3.H2O/c10-7-5-3-1-2-4-6(5)8(11)9(7)12;1-13-7-4-5(8(12)10-9)2-3-6(7)11;/h5-6H,1-4H2;2-4,11H,9H2,1H3,(H,10,12);1H2. The van der Waals surface area contributed by atoms with Crippen LogP contribution in [-0.4, -0.2) is 40.9 Å². The number of fused-ring (bicyclic) bond motifs is 1. The zero-order valence-corrected chi connectivity index (χ0v) is 14.3. The molecule has 2 aliphatic carbocycles. The SMILES string of the molecule is COc1cc(C(=O)NN)ccc1O.O.O=C1C(=O)C2CCCCC2C1=O. The molecule has 0 radical (unpaired) electrons. The highest BCUT2D eigenvalue weighted by molar-refractivity contribution is 6.68. The van der Waals surface area contributed by atoms with Crippen molar-refractivity contribution in [2.45, 2.75) is 25.7 Å². The summed E-state index contributed by atoms with van der Waals surface area (Å²) in [4.78, 5) is 44.4. The molecule has 9 nitrogen and oxygen atoms in total. The zero-order valence-electron chi connectivity index (χ0n) is 14.3. The van der Waals surface area contributed by atoms with Crippen LogP contribution in [0, 0.1) is 11.8 Å². The lowest BCUT2D eigenvalue weighted by Crippen LogP contribution is -2.29. The first-order valence-electron chi connectivity index (χ1n) is 7.91. The lowest BCUT2D eigenvalue weighted by molar-refractivity contribution is -0.141. The number of methoxy groups -OCH3 is 1. The lowest BCUT2D eigenvalue weighted by Gasteiger charge is -2.20. The quantitative estimate of drug-likeness (QED) is 0.279. The highest BCUT2D eigenvalue weighted by Gasteiger charge is 2.48. The number of hydrogen-bond acceptors (Lipinski definition) is 7. The number of phenolic OH excluding ortho intramolecular Hbond substituents is 1. The lowest BCUT2D eigenvalue weighted by atomic mass is 9.81. The van der Waals surface area contributed by atoms with Gasteiger partial charge in [0.05, 0.1) is 7.11 Å². The fourth-order valence-corrected chi connectivity index (χ4v) is 3.12. The van der Waals surface area contributed by atoms with E-state index in [0.29, 0.717) is 5.56 Å². The van der Waals surface area contributed by atoms with Gasteiger partial charge in [0.2, 0.25) is 11.6 Å². The molecule has 0 heterocycles. The summed E-state index contributed by atoms with van der Waals surface area (Å²) in [5.74, 6) is 2.62. The molecule has 0 aromatic heterocycles. The van der Waals surface area contributed by atoms with Crippen molar-refractivity contribution < 1.29 is 34.5 Å². The molecule has 0 bridgehead atoms. The van der Waals surface area contributed by atoms with Crippen LogP contribution in [0.2, 0.25) is 0 Å². The van der Waals surface area contributed by atoms with Gasteiger partial charge in [-0.05, 0) is 31.0 Å². The Kier molecular flexibility index (Phi) is 7.41. The number of ether oxygens (including phenoxy) is 1. The molecule has 0 spiro atoms. The minimum Gasteiger partial charge on any atom is -0.504 e. The van der Waals surface area contributed by atoms with E-state index < -0.39 is 23.3 Å². The van der Waals surface area contributed by atoms with Crippen LogP contribution in [0.4, 0.5) is 0 Å². The van der Waals surface area contributed by atoms with Gasteiger partial charge in [-0.3, -0.25) is 24.6 Å². The third kappa shape index (κ3) is 4.24. The van der Waals surface area contributed by atoms with Crippen LogP contribution in [0.15, 0.2) is 18.2 Å². The number of hydrazine groups is 1. The van der Waals surface area contributed by atoms with E-state index >= 15 is 0 Å². The molecule has 3 rings (SSSR count). The van der Waals surface area contributed by atoms with Gasteiger partial charge >= 0.3 is 0 Å². The van der Waals surface area contributed by atoms with Crippen molar-refractivity contribution in [1.82, 2.24) is 5.43 Å². The van der Waals surface area contributed by atoms with E-state index in [1.165, 1.54) is 25.3 Å². The second kappa shape index (κ2) is 9.07. The minimum atomic E-state index is -0.744. The molecule has 1 amide bonds. The number of carbonyl (C=O) groups is 4. The maximum absolute atomic E-state index is 11.2. The fraction of sp³-hybridized carbons (Fsp3) is 0.412. The maximum Gasteiger partial charge on any atom is 0.265 e. The largest absolute Gasteiger partial charge is 0.504 e. The number of ketones is 3. The number of rotatable bonds is 2. The van der Waals surface area contributed by atoms with Gasteiger partial charge in [-0.2, -0.15) is 0 Å². The number of carbonyl (C=O) groups excluding carboxylic acids is 4. The molecule has 2 saturated carbocycles. The van der Waals surface area contributed by atoms with Gasteiger partial charge < -0.3 is 15.3 Å². The van der Waals surface area contributed by atoms with Crippen molar-refractivity contribution in [2.24, 2.45) is 17.7 Å². The molecule has 2 atom stereocenters. The highest BCUT2D eigenvalue weighted by Crippen LogP contribution is 2.36. The Morgan fingerprint density at radius 3 is 2.15 bits per heavy atom. The Morgan fingerprint density at radius 1 is 1.15 bits per heavy atom. The first-order chi connectivity index (χ1) is 11.9. The summed E-state index contributed by atoms with van der Waals surface area (Å²) in [7, 11) is 1.40. The van der Waals surface area contributed by atoms with Crippen molar-refractivity contribution in [3.63, 3.8) is 0 Å². The van der Waals surface area contributed by atoms with E-state index in [0.717, 1.165) is 25.7 Å². The van der Waals surface area contributed by atoms with Crippen LogP contribution in [0.1, 0.15) is 36.0 Å². The summed E-state index contributed by atoms with van der Waals surface area (Å²) in [6.07, 6.45) is 3.43. The number of aromatic hydroxyl groups is 1. The monoisotopic (exact) mass is 366 g/mol. The number of Topliss-reactive ketones (excluding diaryl/α,β-unsaturated/α-hetero) is 3. The molecule has 142 valence electrons. The number of nitrogens with two attached hydrogens (primary N) is 1. The van der Waals surface area contributed by atoms with Crippen LogP contribution in [0.5, 0.6) is 11.5 Å². The van der Waals surface area contributed by atoms with E-state index in [2.05, 4.69) is 0 Å². The van der Waals surface area contributed by atoms with Crippen LogP contribution >= 0.6 is 0 Å². The summed E-state index contributed by atoms with van der Waals surface area (Å²) in [6.45, 7) is 0. The Labute approximate surface area is 149 Å². The van der Waals surface area contributed by atoms with E-state index in [9.17, 15) is 24.3 Å². The normalized spacial score (nSPS) is 21.1. The molecule has 2 unspecified atom stereocenters. The van der Waals surface area contributed by atoms with Crippen molar-refractivity contribution in [3.05, 3.63) is 23.8 Å². The van der Waals surface area contributed by atoms with Gasteiger partial charge in [0, 0.05) is 17.4 Å². The minimum absolute atomic E-state index is 0. The van der Waals surface area contributed by atoms with Gasteiger partial charge in [-0.15, -0.1) is 0 Å². The number of benzene rings is 1. The number of phenols is 1. The Morgan fingerprint density at radius 2 is 1.69 bits per heavy atom. The number of hydrogen-bond donors (Lipinski definition) is 3. The summed E-state index contributed by atoms with van der Waals surface area (Å²) in [6, 6.07) is 4.21. The van der Waals surface area contributed by atoms with E-state index in [-0.39, 0.29) is 28.8 Å². The summed E-state index contributed by atoms with van der Waals surface area (Å²) in [5, 5.41) is 9.20. The van der Waals surface area contributed by atoms with Crippen LogP contribution in [0.25, 0.3) is 0 Å². The molecule has 0 saturated heterocycles. The molecule has 26 heavy (non-hydrogen) atoms. The first kappa shape index (κ1) is 21.3. The molecular formula is C17H22N2O7. The smallest absolute Gasteiger partial charge is 0.265 e. The Hall–Kier alpha value is -2.78. The fourth-order valence-electron chi connectivity index (χ4n) is 3.12. The van der Waals surface area contributed by atoms with Crippen molar-refractivity contribution in [3.8, 4) is 11.5 Å². The van der Waals surface area contributed by atoms with Gasteiger partial charge in [0.1, 0.15) is 0 Å². The van der Waals surface area contributed by atoms with Gasteiger partial charge in [0.15, 0.2) is 11.5 Å². The average Bonchev–Trinajstić information content (AvgIpc) is 2.87. The molecule has 1 aromatic rings. The molecule has 1 aromatic carbocycles. The van der Waals surface area contributed by atoms with Gasteiger partial charge in [0.25, 0.3) is 11.7 Å². The van der Waals surface area contributed by atoms with Crippen molar-refractivity contribution in [2.75, 3.05) is 7.11 Å². The molecule has 2 fully saturated rings. The molecule has 0 aliphatic heterocycles. The predicted octanol–water partition coefficient (Wildman–Crippen LogP) is -0.307. The van der Waals surface area contributed by atoms with Crippen molar-refractivity contribution >= 4 is 23.3 Å². The second-order valence-corrected chi connectivity index (χ2v) is 5.92. The summed E-state index contributed by atoms with van der Waals surface area (Å²) in [5.41, 5.74) is 2.31. The number of nitrogens with one attached hydrogen (secondary N) is 1. The van der Waals surface area contributed by atoms with Gasteiger partial charge in [-0.1, -0.05) is 12.8 Å². The van der Waals surface area contributed by atoms with Crippen LogP contribution in [0.3, 0.4) is 0 Å². The van der Waals surface area contributed by atoms with E-state index in [1.54, 1.807) is 0 Å². The molecule has 6 N–H and O–H groups in total. The second-order valence-electron chi connectivity index (χ2n) is 5.92. The number of nitrogen functional groups attached to an aromatic ring is 1. The molecule has 9 heteroatoms. The van der Waals surface area contributed by atoms with E-state index in [4.69, 9.17) is 10.6 Å². The zero-order chi connectivity index (χ0) is 18.6. The topological polar surface area (TPSA) is 167 Å². The predicted molar refractivity (Wildman–Crippen MR) is 90.4 cm³/mol. The third-order valence-corrected chi connectivity index (χ3v) is 4.46. The Bertz CT molecular complexity index is 691. The van der Waals surface area contributed by atoms with Gasteiger partial charge in [-0.25, -0.2) is 5.84 Å². The Balaban J connectivity index is 0.000000251. The van der Waals surface area contributed by atoms with E-state index in [1.807, 2.05) is 5.43 Å². The highest BCUT2D eigenvalue weighted by atomic mass is 16.5.